The van der Waals surface area contributed by atoms with Crippen molar-refractivity contribution in [3.63, 3.8) is 0 Å². The number of non-ortho nitro benzene ring substituents is 1. The van der Waals surface area contributed by atoms with Gasteiger partial charge in [0.25, 0.3) is 5.69 Å². The van der Waals surface area contributed by atoms with Crippen molar-refractivity contribution < 1.29 is 9.72 Å². The molecule has 1 aromatic heterocycles. The molecule has 0 atom stereocenters. The van der Waals surface area contributed by atoms with Crippen LogP contribution in [0.2, 0.25) is 0 Å². The number of aromatic nitrogens is 1. The molecule has 3 rings (SSSR count). The van der Waals surface area contributed by atoms with E-state index < -0.39 is 4.92 Å². The van der Waals surface area contributed by atoms with Crippen LogP contribution in [0.5, 0.6) is 0 Å². The number of hydrogen-bond acceptors (Lipinski definition) is 5. The molecule has 132 valence electrons. The fourth-order valence-corrected chi connectivity index (χ4v) is 3.52. The van der Waals surface area contributed by atoms with Crippen molar-refractivity contribution in [2.45, 2.75) is 19.8 Å². The lowest BCUT2D eigenvalue weighted by Gasteiger charge is -2.01. The number of anilines is 1. The lowest BCUT2D eigenvalue weighted by atomic mass is 10.1. The Morgan fingerprint density at radius 3 is 2.46 bits per heavy atom. The van der Waals surface area contributed by atoms with Crippen LogP contribution in [0.15, 0.2) is 54.6 Å². The van der Waals surface area contributed by atoms with Crippen LogP contribution in [-0.4, -0.2) is 15.8 Å². The van der Waals surface area contributed by atoms with Gasteiger partial charge in [-0.05, 0) is 18.1 Å². The Hall–Kier alpha value is -3.06. The fraction of sp³-hybridized carbons (Fsp3) is 0.158. The number of nitrogens with one attached hydrogen (secondary N) is 1. The van der Waals surface area contributed by atoms with Crippen molar-refractivity contribution in [1.82, 2.24) is 4.98 Å². The minimum atomic E-state index is -0.415. The van der Waals surface area contributed by atoms with E-state index >= 15 is 0 Å². The molecule has 26 heavy (non-hydrogen) atoms. The molecule has 0 bridgehead atoms. The van der Waals surface area contributed by atoms with E-state index in [1.807, 2.05) is 37.3 Å². The Bertz CT molecular complexity index is 921. The number of amides is 1. The molecule has 7 heteroatoms. The Labute approximate surface area is 154 Å². The maximum Gasteiger partial charge on any atom is 0.269 e. The van der Waals surface area contributed by atoms with Gasteiger partial charge in [-0.15, -0.1) is 11.3 Å². The number of nitrogens with zero attached hydrogens (tertiary/aromatic N) is 2. The smallest absolute Gasteiger partial charge is 0.269 e. The number of benzene rings is 2. The van der Waals surface area contributed by atoms with Gasteiger partial charge in [-0.3, -0.25) is 14.9 Å². The zero-order chi connectivity index (χ0) is 18.5. The summed E-state index contributed by atoms with van der Waals surface area (Å²) in [5, 5.41) is 14.1. The zero-order valence-electron chi connectivity index (χ0n) is 14.1. The molecule has 3 aromatic rings. The zero-order valence-corrected chi connectivity index (χ0v) is 15.0. The van der Waals surface area contributed by atoms with Gasteiger partial charge in [0.15, 0.2) is 5.13 Å². The largest absolute Gasteiger partial charge is 0.302 e. The van der Waals surface area contributed by atoms with Crippen LogP contribution < -0.4 is 5.32 Å². The Balaban J connectivity index is 1.65. The summed E-state index contributed by atoms with van der Waals surface area (Å²) in [6.07, 6.45) is 0.924. The highest BCUT2D eigenvalue weighted by molar-refractivity contribution is 7.15. The van der Waals surface area contributed by atoms with Crippen LogP contribution in [0, 0.1) is 17.0 Å². The van der Waals surface area contributed by atoms with Crippen LogP contribution in [0.4, 0.5) is 10.8 Å². The van der Waals surface area contributed by atoms with Crippen molar-refractivity contribution in [1.29, 1.82) is 0 Å². The summed E-state index contributed by atoms with van der Waals surface area (Å²) >= 11 is 1.43. The topological polar surface area (TPSA) is 85.1 Å². The average molecular weight is 367 g/mol. The minimum Gasteiger partial charge on any atom is -0.302 e. The fourth-order valence-electron chi connectivity index (χ4n) is 2.51. The number of nitro groups is 1. The summed E-state index contributed by atoms with van der Waals surface area (Å²) in [5.74, 6) is -0.105. The number of nitro benzene ring substituents is 1. The minimum absolute atomic E-state index is 0.0728. The number of carbonyl (C=O) groups is 1. The van der Waals surface area contributed by atoms with Crippen molar-refractivity contribution in [3.05, 3.63) is 86.4 Å². The molecule has 0 saturated carbocycles. The van der Waals surface area contributed by atoms with Gasteiger partial charge >= 0.3 is 0 Å². The lowest BCUT2D eigenvalue weighted by Crippen LogP contribution is -2.14. The summed E-state index contributed by atoms with van der Waals surface area (Å²) in [6.45, 7) is 1.89. The highest BCUT2D eigenvalue weighted by atomic mass is 32.1. The van der Waals surface area contributed by atoms with Gasteiger partial charge in [-0.2, -0.15) is 0 Å². The highest BCUT2D eigenvalue weighted by Crippen LogP contribution is 2.26. The van der Waals surface area contributed by atoms with Gasteiger partial charge in [0.1, 0.15) is 0 Å². The molecule has 1 amide bonds. The number of carbonyl (C=O) groups excluding carboxylic acids is 1. The Morgan fingerprint density at radius 2 is 1.81 bits per heavy atom. The molecule has 0 aliphatic rings. The highest BCUT2D eigenvalue weighted by Gasteiger charge is 2.12. The van der Waals surface area contributed by atoms with Crippen LogP contribution in [0.25, 0.3) is 0 Å². The molecule has 1 heterocycles. The van der Waals surface area contributed by atoms with Crippen LogP contribution >= 0.6 is 11.3 Å². The van der Waals surface area contributed by atoms with Gasteiger partial charge in [0.2, 0.25) is 5.91 Å². The standard InChI is InChI=1S/C19H17N3O3S/c1-13-17(11-15-7-9-16(10-8-15)22(24)25)26-19(20-13)21-18(23)12-14-5-3-2-4-6-14/h2-10H,11-12H2,1H3,(H,20,21,23). The molecule has 0 aliphatic heterocycles. The molecule has 0 unspecified atom stereocenters. The third kappa shape index (κ3) is 4.52. The third-order valence-corrected chi connectivity index (χ3v) is 4.93. The first-order valence-corrected chi connectivity index (χ1v) is 8.86. The Morgan fingerprint density at radius 1 is 1.12 bits per heavy atom. The molecule has 0 radical (unpaired) electrons. The van der Waals surface area contributed by atoms with E-state index in [0.717, 1.165) is 21.7 Å². The van der Waals surface area contributed by atoms with Gasteiger partial charge < -0.3 is 5.32 Å². The molecular weight excluding hydrogens is 350 g/mol. The number of thiazole rings is 1. The molecule has 0 spiro atoms. The Kier molecular flexibility index (Phi) is 5.38. The summed E-state index contributed by atoms with van der Waals surface area (Å²) in [7, 11) is 0. The first-order chi connectivity index (χ1) is 12.5. The summed E-state index contributed by atoms with van der Waals surface area (Å²) in [6, 6.07) is 16.0. The van der Waals surface area contributed by atoms with E-state index in [4.69, 9.17) is 0 Å². The second-order valence-corrected chi connectivity index (χ2v) is 6.92. The number of hydrogen-bond donors (Lipinski definition) is 1. The van der Waals surface area contributed by atoms with Crippen molar-refractivity contribution in [2.75, 3.05) is 5.32 Å². The molecule has 0 fully saturated rings. The number of rotatable bonds is 6. The van der Waals surface area contributed by atoms with E-state index in [-0.39, 0.29) is 11.6 Å². The number of aryl methyl sites for hydroxylation is 1. The molecule has 0 aliphatic carbocycles. The quantitative estimate of drug-likeness (QED) is 0.524. The predicted octanol–water partition coefficient (Wildman–Crippen LogP) is 4.13. The SMILES string of the molecule is Cc1nc(NC(=O)Cc2ccccc2)sc1Cc1ccc([N+](=O)[O-])cc1. The summed E-state index contributed by atoms with van der Waals surface area (Å²) in [4.78, 5) is 27.9. The van der Waals surface area contributed by atoms with E-state index in [0.29, 0.717) is 18.0 Å². The molecule has 2 aromatic carbocycles. The molecule has 6 nitrogen and oxygen atoms in total. The van der Waals surface area contributed by atoms with Crippen molar-refractivity contribution >= 4 is 28.1 Å². The van der Waals surface area contributed by atoms with Gasteiger partial charge in [0.05, 0.1) is 17.0 Å². The van der Waals surface area contributed by atoms with Crippen LogP contribution in [0.1, 0.15) is 21.7 Å². The van der Waals surface area contributed by atoms with E-state index in [2.05, 4.69) is 10.3 Å². The van der Waals surface area contributed by atoms with Gasteiger partial charge in [-0.1, -0.05) is 42.5 Å². The average Bonchev–Trinajstić information content (AvgIpc) is 2.95. The first-order valence-electron chi connectivity index (χ1n) is 8.04. The van der Waals surface area contributed by atoms with E-state index in [9.17, 15) is 14.9 Å². The second kappa shape index (κ2) is 7.88. The maximum atomic E-state index is 12.2. The van der Waals surface area contributed by atoms with Crippen LogP contribution in [0.3, 0.4) is 0 Å². The summed E-state index contributed by atoms with van der Waals surface area (Å²) < 4.78 is 0. The van der Waals surface area contributed by atoms with E-state index in [1.165, 1.54) is 23.5 Å². The predicted molar refractivity (Wildman–Crippen MR) is 102 cm³/mol. The van der Waals surface area contributed by atoms with Crippen molar-refractivity contribution in [2.24, 2.45) is 0 Å². The maximum absolute atomic E-state index is 12.2. The van der Waals surface area contributed by atoms with Crippen molar-refractivity contribution in [3.8, 4) is 0 Å². The van der Waals surface area contributed by atoms with Crippen LogP contribution in [-0.2, 0) is 17.6 Å². The lowest BCUT2D eigenvalue weighted by molar-refractivity contribution is -0.384. The monoisotopic (exact) mass is 367 g/mol. The normalized spacial score (nSPS) is 10.5. The van der Waals surface area contributed by atoms with Gasteiger partial charge in [-0.25, -0.2) is 4.98 Å². The third-order valence-electron chi connectivity index (χ3n) is 3.86. The molecule has 0 saturated heterocycles. The molecular formula is C19H17N3O3S. The first kappa shape index (κ1) is 17.8. The summed E-state index contributed by atoms with van der Waals surface area (Å²) in [5.41, 5.74) is 2.83. The van der Waals surface area contributed by atoms with E-state index in [1.54, 1.807) is 12.1 Å². The second-order valence-electron chi connectivity index (χ2n) is 5.84. The van der Waals surface area contributed by atoms with Gasteiger partial charge in [0, 0.05) is 23.4 Å². The molecule has 1 N–H and O–H groups in total.